The SMILES string of the molecule is Cc1cccc(NC(=O)c2oc3ccccc3c2COc2ccccc2)c1. The maximum atomic E-state index is 12.9. The fourth-order valence-electron chi connectivity index (χ4n) is 3.01. The lowest BCUT2D eigenvalue weighted by Gasteiger charge is -2.08. The molecule has 0 aliphatic rings. The van der Waals surface area contributed by atoms with Crippen LogP contribution in [0.2, 0.25) is 0 Å². The minimum absolute atomic E-state index is 0.248. The number of nitrogens with one attached hydrogen (secondary N) is 1. The van der Waals surface area contributed by atoms with Gasteiger partial charge in [0, 0.05) is 16.6 Å². The monoisotopic (exact) mass is 357 g/mol. The molecule has 0 aliphatic heterocycles. The molecule has 134 valence electrons. The Morgan fingerprint density at radius 2 is 1.74 bits per heavy atom. The fraction of sp³-hybridized carbons (Fsp3) is 0.0870. The van der Waals surface area contributed by atoms with Crippen molar-refractivity contribution >= 4 is 22.6 Å². The predicted octanol–water partition coefficient (Wildman–Crippen LogP) is 5.57. The van der Waals surface area contributed by atoms with Crippen LogP contribution in [0.1, 0.15) is 21.7 Å². The minimum Gasteiger partial charge on any atom is -0.489 e. The van der Waals surface area contributed by atoms with Crippen LogP contribution in [0.5, 0.6) is 5.75 Å². The van der Waals surface area contributed by atoms with Crippen molar-refractivity contribution < 1.29 is 13.9 Å². The lowest BCUT2D eigenvalue weighted by atomic mass is 10.1. The summed E-state index contributed by atoms with van der Waals surface area (Å²) >= 11 is 0. The number of amides is 1. The minimum atomic E-state index is -0.288. The molecule has 4 nitrogen and oxygen atoms in total. The van der Waals surface area contributed by atoms with Crippen LogP contribution in [-0.2, 0) is 6.61 Å². The van der Waals surface area contributed by atoms with E-state index in [1.54, 1.807) is 0 Å². The number of aryl methyl sites for hydroxylation is 1. The molecule has 0 atom stereocenters. The maximum absolute atomic E-state index is 12.9. The highest BCUT2D eigenvalue weighted by atomic mass is 16.5. The summed E-state index contributed by atoms with van der Waals surface area (Å²) in [7, 11) is 0. The first-order chi connectivity index (χ1) is 13.2. The summed E-state index contributed by atoms with van der Waals surface area (Å²) in [5.41, 5.74) is 3.21. The summed E-state index contributed by atoms with van der Waals surface area (Å²) in [4.78, 5) is 12.9. The van der Waals surface area contributed by atoms with Gasteiger partial charge in [0.15, 0.2) is 5.76 Å². The zero-order valence-corrected chi connectivity index (χ0v) is 14.9. The third kappa shape index (κ3) is 3.70. The molecule has 4 heteroatoms. The molecule has 0 bridgehead atoms. The first kappa shape index (κ1) is 16.9. The Morgan fingerprint density at radius 3 is 2.56 bits per heavy atom. The Balaban J connectivity index is 1.65. The molecule has 1 heterocycles. The van der Waals surface area contributed by atoms with Gasteiger partial charge in [-0.15, -0.1) is 0 Å². The average molecular weight is 357 g/mol. The van der Waals surface area contributed by atoms with Gasteiger partial charge in [0.25, 0.3) is 5.91 Å². The Bertz CT molecular complexity index is 1080. The second-order valence-electron chi connectivity index (χ2n) is 6.33. The first-order valence-corrected chi connectivity index (χ1v) is 8.77. The third-order valence-electron chi connectivity index (χ3n) is 4.31. The zero-order valence-electron chi connectivity index (χ0n) is 14.9. The molecule has 3 aromatic carbocycles. The smallest absolute Gasteiger partial charge is 0.291 e. The van der Waals surface area contributed by atoms with Gasteiger partial charge in [-0.1, -0.05) is 48.5 Å². The van der Waals surface area contributed by atoms with Crippen molar-refractivity contribution in [1.29, 1.82) is 0 Å². The van der Waals surface area contributed by atoms with Crippen molar-refractivity contribution in [2.24, 2.45) is 0 Å². The van der Waals surface area contributed by atoms with Crippen LogP contribution < -0.4 is 10.1 Å². The van der Waals surface area contributed by atoms with E-state index in [2.05, 4.69) is 5.32 Å². The van der Waals surface area contributed by atoms with Gasteiger partial charge in [-0.3, -0.25) is 4.79 Å². The van der Waals surface area contributed by atoms with E-state index in [1.807, 2.05) is 85.8 Å². The molecule has 1 amide bonds. The van der Waals surface area contributed by atoms with E-state index in [-0.39, 0.29) is 18.3 Å². The summed E-state index contributed by atoms with van der Waals surface area (Å²) in [6.07, 6.45) is 0. The van der Waals surface area contributed by atoms with Gasteiger partial charge in [0.2, 0.25) is 0 Å². The van der Waals surface area contributed by atoms with Gasteiger partial charge < -0.3 is 14.5 Å². The second-order valence-corrected chi connectivity index (χ2v) is 6.33. The van der Waals surface area contributed by atoms with E-state index < -0.39 is 0 Å². The molecule has 0 unspecified atom stereocenters. The van der Waals surface area contributed by atoms with Crippen LogP contribution in [0.3, 0.4) is 0 Å². The number of rotatable bonds is 5. The van der Waals surface area contributed by atoms with Crippen molar-refractivity contribution in [2.75, 3.05) is 5.32 Å². The Labute approximate surface area is 157 Å². The van der Waals surface area contributed by atoms with Crippen LogP contribution in [0.25, 0.3) is 11.0 Å². The zero-order chi connectivity index (χ0) is 18.6. The summed E-state index contributed by atoms with van der Waals surface area (Å²) in [6.45, 7) is 2.23. The van der Waals surface area contributed by atoms with Gasteiger partial charge in [0.1, 0.15) is 17.9 Å². The van der Waals surface area contributed by atoms with Crippen molar-refractivity contribution in [3.05, 3.63) is 95.7 Å². The van der Waals surface area contributed by atoms with Crippen molar-refractivity contribution in [1.82, 2.24) is 0 Å². The van der Waals surface area contributed by atoms with Crippen LogP contribution in [-0.4, -0.2) is 5.91 Å². The van der Waals surface area contributed by atoms with Crippen LogP contribution in [0.4, 0.5) is 5.69 Å². The molecule has 0 radical (unpaired) electrons. The molecule has 4 aromatic rings. The molecule has 0 saturated carbocycles. The first-order valence-electron chi connectivity index (χ1n) is 8.77. The Kier molecular flexibility index (Phi) is 4.62. The molecular formula is C23H19NO3. The third-order valence-corrected chi connectivity index (χ3v) is 4.31. The highest BCUT2D eigenvalue weighted by molar-refractivity contribution is 6.06. The normalized spacial score (nSPS) is 10.7. The summed E-state index contributed by atoms with van der Waals surface area (Å²) < 4.78 is 11.7. The summed E-state index contributed by atoms with van der Waals surface area (Å²) in [5.74, 6) is 0.727. The van der Waals surface area contributed by atoms with Gasteiger partial charge in [-0.25, -0.2) is 0 Å². The van der Waals surface area contributed by atoms with Crippen molar-refractivity contribution in [2.45, 2.75) is 13.5 Å². The fourth-order valence-corrected chi connectivity index (χ4v) is 3.01. The number of carbonyl (C=O) groups excluding carboxylic acids is 1. The van der Waals surface area contributed by atoms with E-state index in [1.165, 1.54) is 0 Å². The maximum Gasteiger partial charge on any atom is 0.291 e. The van der Waals surface area contributed by atoms with Crippen molar-refractivity contribution in [3.8, 4) is 5.75 Å². The predicted molar refractivity (Wildman–Crippen MR) is 106 cm³/mol. The highest BCUT2D eigenvalue weighted by Crippen LogP contribution is 2.28. The lowest BCUT2D eigenvalue weighted by Crippen LogP contribution is -2.14. The number of anilines is 1. The molecule has 1 N–H and O–H groups in total. The second kappa shape index (κ2) is 7.38. The Morgan fingerprint density at radius 1 is 0.963 bits per heavy atom. The molecule has 1 aromatic heterocycles. The molecule has 0 aliphatic carbocycles. The number of hydrogen-bond donors (Lipinski definition) is 1. The van der Waals surface area contributed by atoms with Crippen LogP contribution in [0.15, 0.2) is 83.3 Å². The molecular weight excluding hydrogens is 338 g/mol. The number of ether oxygens (including phenoxy) is 1. The lowest BCUT2D eigenvalue weighted by molar-refractivity contribution is 0.0995. The number of hydrogen-bond acceptors (Lipinski definition) is 3. The highest BCUT2D eigenvalue weighted by Gasteiger charge is 2.21. The standard InChI is InChI=1S/C23H19NO3/c1-16-8-7-9-17(14-16)24-23(25)22-20(15-26-18-10-3-2-4-11-18)19-12-5-6-13-21(19)27-22/h2-14H,15H2,1H3,(H,24,25). The number of fused-ring (bicyclic) bond motifs is 1. The van der Waals surface area contributed by atoms with Crippen LogP contribution in [0, 0.1) is 6.92 Å². The van der Waals surface area contributed by atoms with Crippen LogP contribution >= 0.6 is 0 Å². The van der Waals surface area contributed by atoms with E-state index in [9.17, 15) is 4.79 Å². The topological polar surface area (TPSA) is 51.5 Å². The van der Waals surface area contributed by atoms with Gasteiger partial charge in [-0.05, 0) is 42.8 Å². The molecule has 27 heavy (non-hydrogen) atoms. The van der Waals surface area contributed by atoms with Gasteiger partial charge >= 0.3 is 0 Å². The number of carbonyl (C=O) groups is 1. The molecule has 0 spiro atoms. The summed E-state index contributed by atoms with van der Waals surface area (Å²) in [6, 6.07) is 24.8. The van der Waals surface area contributed by atoms with Crippen molar-refractivity contribution in [3.63, 3.8) is 0 Å². The average Bonchev–Trinajstić information content (AvgIpc) is 3.06. The van der Waals surface area contributed by atoms with E-state index in [0.717, 1.165) is 28.0 Å². The molecule has 4 rings (SSSR count). The molecule has 0 saturated heterocycles. The Hall–Kier alpha value is -3.53. The number of para-hydroxylation sites is 2. The van der Waals surface area contributed by atoms with E-state index in [4.69, 9.17) is 9.15 Å². The number of furan rings is 1. The largest absolute Gasteiger partial charge is 0.489 e. The summed E-state index contributed by atoms with van der Waals surface area (Å²) in [5, 5.41) is 3.79. The number of benzene rings is 3. The van der Waals surface area contributed by atoms with E-state index in [0.29, 0.717) is 5.58 Å². The quantitative estimate of drug-likeness (QED) is 0.508. The van der Waals surface area contributed by atoms with Gasteiger partial charge in [-0.2, -0.15) is 0 Å². The van der Waals surface area contributed by atoms with Gasteiger partial charge in [0.05, 0.1) is 0 Å². The van der Waals surface area contributed by atoms with E-state index >= 15 is 0 Å². The molecule has 0 fully saturated rings.